The van der Waals surface area contributed by atoms with Crippen LogP contribution in [0.3, 0.4) is 0 Å². The van der Waals surface area contributed by atoms with Crippen molar-refractivity contribution in [2.45, 2.75) is 12.8 Å². The van der Waals surface area contributed by atoms with Gasteiger partial charge < -0.3 is 4.90 Å². The van der Waals surface area contributed by atoms with Crippen LogP contribution in [-0.4, -0.2) is 18.4 Å². The molecule has 0 aromatic heterocycles. The van der Waals surface area contributed by atoms with E-state index < -0.39 is 5.91 Å². The van der Waals surface area contributed by atoms with E-state index in [2.05, 4.69) is 6.07 Å². The average molecular weight is 398 g/mol. The molecule has 0 N–H and O–H groups in total. The number of anilines is 2. The van der Waals surface area contributed by atoms with E-state index >= 15 is 0 Å². The molecule has 3 aromatic rings. The molecule has 30 heavy (non-hydrogen) atoms. The molecule has 2 aliphatic heterocycles. The van der Waals surface area contributed by atoms with Gasteiger partial charge in [-0.25, -0.2) is 9.29 Å². The number of benzene rings is 3. The number of fused-ring (bicyclic) bond motifs is 1. The Bertz CT molecular complexity index is 1170. The Labute approximate surface area is 173 Å². The van der Waals surface area contributed by atoms with Crippen molar-refractivity contribution in [3.05, 3.63) is 102 Å². The third-order valence-electron chi connectivity index (χ3n) is 5.59. The van der Waals surface area contributed by atoms with Crippen LogP contribution in [0.2, 0.25) is 0 Å². The number of amides is 2. The number of rotatable bonds is 3. The summed E-state index contributed by atoms with van der Waals surface area (Å²) >= 11 is 0. The zero-order valence-corrected chi connectivity index (χ0v) is 16.2. The van der Waals surface area contributed by atoms with Gasteiger partial charge >= 0.3 is 0 Å². The number of carbonyl (C=O) groups is 2. The van der Waals surface area contributed by atoms with Crippen molar-refractivity contribution in [1.82, 2.24) is 0 Å². The summed E-state index contributed by atoms with van der Waals surface area (Å²) < 4.78 is 13.5. The first-order valence-corrected chi connectivity index (χ1v) is 9.94. The van der Waals surface area contributed by atoms with Gasteiger partial charge in [0.1, 0.15) is 11.5 Å². The molecule has 5 heteroatoms. The van der Waals surface area contributed by atoms with Gasteiger partial charge in [0.05, 0.1) is 11.3 Å². The number of para-hydroxylation sites is 2. The zero-order valence-electron chi connectivity index (χ0n) is 16.2. The number of carbonyl (C=O) groups excluding carboxylic acids is 2. The summed E-state index contributed by atoms with van der Waals surface area (Å²) in [5, 5.41) is 0. The predicted molar refractivity (Wildman–Crippen MR) is 114 cm³/mol. The minimum absolute atomic E-state index is 0.306. The number of imide groups is 1. The number of nitrogens with zero attached hydrogens (tertiary/aromatic N) is 2. The van der Waals surface area contributed by atoms with Crippen LogP contribution in [0.15, 0.2) is 84.6 Å². The highest BCUT2D eigenvalue weighted by Gasteiger charge is 2.43. The van der Waals surface area contributed by atoms with Crippen molar-refractivity contribution in [2.75, 3.05) is 16.3 Å². The minimum atomic E-state index is -0.393. The fraction of sp³-hybridized carbons (Fsp3) is 0.120. The molecule has 0 aliphatic carbocycles. The van der Waals surface area contributed by atoms with Crippen LogP contribution >= 0.6 is 0 Å². The lowest BCUT2D eigenvalue weighted by molar-refractivity contribution is -0.120. The first kappa shape index (κ1) is 18.3. The lowest BCUT2D eigenvalue weighted by atomic mass is 9.98. The van der Waals surface area contributed by atoms with Gasteiger partial charge in [-0.15, -0.1) is 0 Å². The van der Waals surface area contributed by atoms with Crippen molar-refractivity contribution in [2.24, 2.45) is 0 Å². The Kier molecular flexibility index (Phi) is 4.43. The summed E-state index contributed by atoms with van der Waals surface area (Å²) in [4.78, 5) is 30.3. The van der Waals surface area contributed by atoms with Crippen LogP contribution in [0.4, 0.5) is 15.8 Å². The molecule has 3 aromatic carbocycles. The van der Waals surface area contributed by atoms with E-state index in [-0.39, 0.29) is 11.7 Å². The molecule has 2 aliphatic rings. The average Bonchev–Trinajstić information content (AvgIpc) is 3.04. The van der Waals surface area contributed by atoms with Gasteiger partial charge in [-0.2, -0.15) is 0 Å². The van der Waals surface area contributed by atoms with E-state index in [9.17, 15) is 14.0 Å². The zero-order chi connectivity index (χ0) is 20.7. The molecule has 0 fully saturated rings. The smallest absolute Gasteiger partial charge is 0.282 e. The summed E-state index contributed by atoms with van der Waals surface area (Å²) in [7, 11) is 0. The molecular formula is C25H19FN2O2. The maximum absolute atomic E-state index is 13.6. The minimum Gasteiger partial charge on any atom is -0.336 e. The van der Waals surface area contributed by atoms with Crippen molar-refractivity contribution in [3.63, 3.8) is 0 Å². The highest BCUT2D eigenvalue weighted by atomic mass is 19.1. The van der Waals surface area contributed by atoms with E-state index in [1.165, 1.54) is 17.0 Å². The van der Waals surface area contributed by atoms with Crippen LogP contribution in [-0.2, 0) is 16.0 Å². The Balaban J connectivity index is 1.70. The lowest BCUT2D eigenvalue weighted by Gasteiger charge is -2.32. The Morgan fingerprint density at radius 2 is 1.47 bits per heavy atom. The molecule has 0 radical (unpaired) electrons. The van der Waals surface area contributed by atoms with Crippen LogP contribution in [0.25, 0.3) is 5.57 Å². The quantitative estimate of drug-likeness (QED) is 0.607. The molecule has 0 atom stereocenters. The van der Waals surface area contributed by atoms with E-state index in [4.69, 9.17) is 0 Å². The Morgan fingerprint density at radius 3 is 2.23 bits per heavy atom. The topological polar surface area (TPSA) is 40.6 Å². The van der Waals surface area contributed by atoms with E-state index in [1.54, 1.807) is 36.4 Å². The van der Waals surface area contributed by atoms with Crippen LogP contribution in [0.5, 0.6) is 0 Å². The Hall–Kier alpha value is -3.73. The van der Waals surface area contributed by atoms with Crippen molar-refractivity contribution >= 4 is 28.8 Å². The number of halogens is 1. The number of hydrogen-bond acceptors (Lipinski definition) is 3. The van der Waals surface area contributed by atoms with Crippen LogP contribution < -0.4 is 9.80 Å². The summed E-state index contributed by atoms with van der Waals surface area (Å²) in [6, 6.07) is 22.6. The van der Waals surface area contributed by atoms with E-state index in [0.717, 1.165) is 24.1 Å². The van der Waals surface area contributed by atoms with Gasteiger partial charge in [-0.05, 0) is 54.3 Å². The molecule has 2 heterocycles. The highest BCUT2D eigenvalue weighted by molar-refractivity contribution is 6.46. The normalized spacial score (nSPS) is 16.3. The molecule has 0 unspecified atom stereocenters. The predicted octanol–water partition coefficient (Wildman–Crippen LogP) is 4.56. The fourth-order valence-electron chi connectivity index (χ4n) is 4.22. The molecule has 2 amide bonds. The highest BCUT2D eigenvalue weighted by Crippen LogP contribution is 2.39. The second-order valence-corrected chi connectivity index (χ2v) is 7.40. The summed E-state index contributed by atoms with van der Waals surface area (Å²) in [5.41, 5.74) is 3.80. The second-order valence-electron chi connectivity index (χ2n) is 7.40. The van der Waals surface area contributed by atoms with Gasteiger partial charge in [0.15, 0.2) is 0 Å². The third-order valence-corrected chi connectivity index (χ3v) is 5.59. The molecule has 0 saturated carbocycles. The summed E-state index contributed by atoms with van der Waals surface area (Å²) in [6.45, 7) is 0.638. The molecule has 0 saturated heterocycles. The molecular weight excluding hydrogens is 379 g/mol. The molecule has 4 nitrogen and oxygen atoms in total. The number of aryl methyl sites for hydroxylation is 1. The summed E-state index contributed by atoms with van der Waals surface area (Å²) in [5.74, 6) is -1.14. The van der Waals surface area contributed by atoms with Gasteiger partial charge in [0.25, 0.3) is 11.8 Å². The molecule has 5 rings (SSSR count). The van der Waals surface area contributed by atoms with E-state index in [1.807, 2.05) is 29.2 Å². The summed E-state index contributed by atoms with van der Waals surface area (Å²) in [6.07, 6.45) is 1.81. The molecule has 0 spiro atoms. The maximum Gasteiger partial charge on any atom is 0.282 e. The first-order valence-electron chi connectivity index (χ1n) is 9.94. The maximum atomic E-state index is 13.6. The van der Waals surface area contributed by atoms with Gasteiger partial charge in [-0.3, -0.25) is 9.59 Å². The lowest BCUT2D eigenvalue weighted by Crippen LogP contribution is -2.37. The third kappa shape index (κ3) is 2.90. The Morgan fingerprint density at radius 1 is 0.767 bits per heavy atom. The largest absolute Gasteiger partial charge is 0.336 e. The fourth-order valence-corrected chi connectivity index (χ4v) is 4.22. The van der Waals surface area contributed by atoms with Crippen molar-refractivity contribution in [3.8, 4) is 0 Å². The van der Waals surface area contributed by atoms with Crippen LogP contribution in [0, 0.1) is 5.82 Å². The van der Waals surface area contributed by atoms with Crippen molar-refractivity contribution < 1.29 is 14.0 Å². The van der Waals surface area contributed by atoms with Gasteiger partial charge in [0, 0.05) is 12.2 Å². The molecule has 0 bridgehead atoms. The standard InChI is InChI=1S/C25H19FN2O2/c26-19-14-12-18(13-15-19)22-23(27-16-6-8-17-7-4-5-11-21(17)27)25(30)28(24(22)29)20-9-2-1-3-10-20/h1-5,7,9-15H,6,8,16H2. The van der Waals surface area contributed by atoms with Crippen LogP contribution in [0.1, 0.15) is 17.5 Å². The van der Waals surface area contributed by atoms with Gasteiger partial charge in [-0.1, -0.05) is 48.5 Å². The number of hydrogen-bond donors (Lipinski definition) is 0. The first-order chi connectivity index (χ1) is 14.6. The molecule has 148 valence electrons. The second kappa shape index (κ2) is 7.26. The SMILES string of the molecule is O=C1C(c2ccc(F)cc2)=C(N2CCCc3ccccc32)C(=O)N1c1ccccc1. The van der Waals surface area contributed by atoms with E-state index in [0.29, 0.717) is 29.1 Å². The van der Waals surface area contributed by atoms with Gasteiger partial charge in [0.2, 0.25) is 0 Å². The van der Waals surface area contributed by atoms with Crippen molar-refractivity contribution in [1.29, 1.82) is 0 Å². The monoisotopic (exact) mass is 398 g/mol.